The van der Waals surface area contributed by atoms with Crippen LogP contribution >= 0.6 is 22.9 Å². The first kappa shape index (κ1) is 28.2. The Labute approximate surface area is 258 Å². The number of halogens is 2. The number of hydrogen-bond donors (Lipinski definition) is 1. The number of hydrogen-bond acceptors (Lipinski definition) is 6. The number of piperidine rings is 1. The molecule has 5 heterocycles. The van der Waals surface area contributed by atoms with Crippen molar-refractivity contribution in [1.29, 1.82) is 0 Å². The molecule has 8 nitrogen and oxygen atoms in total. The third-order valence-corrected chi connectivity index (χ3v) is 10.1. The van der Waals surface area contributed by atoms with Gasteiger partial charge in [0.2, 0.25) is 0 Å². The molecule has 0 aliphatic carbocycles. The van der Waals surface area contributed by atoms with Gasteiger partial charge in [0, 0.05) is 40.0 Å². The molecule has 2 amide bonds. The van der Waals surface area contributed by atoms with Gasteiger partial charge in [0.15, 0.2) is 11.2 Å². The van der Waals surface area contributed by atoms with Crippen molar-refractivity contribution in [2.45, 2.75) is 57.7 Å². The van der Waals surface area contributed by atoms with E-state index in [1.807, 2.05) is 22.8 Å². The summed E-state index contributed by atoms with van der Waals surface area (Å²) in [5, 5.41) is 5.69. The Morgan fingerprint density at radius 2 is 2.00 bits per heavy atom. The Balaban J connectivity index is 1.19. The number of fused-ring (bicyclic) bond motifs is 2. The molecular formula is C32H32ClFN6O2S. The minimum Gasteiger partial charge on any atom is -0.334 e. The summed E-state index contributed by atoms with van der Waals surface area (Å²) >= 11 is 8.08. The van der Waals surface area contributed by atoms with E-state index in [0.717, 1.165) is 68.7 Å². The Morgan fingerprint density at radius 3 is 2.74 bits per heavy atom. The molecule has 222 valence electrons. The lowest BCUT2D eigenvalue weighted by Crippen LogP contribution is -2.38. The number of anilines is 1. The van der Waals surface area contributed by atoms with Gasteiger partial charge in [0.25, 0.3) is 11.8 Å². The lowest BCUT2D eigenvalue weighted by molar-refractivity contribution is -0.121. The Bertz CT molecular complexity index is 1700. The van der Waals surface area contributed by atoms with E-state index in [1.54, 1.807) is 24.0 Å². The van der Waals surface area contributed by atoms with Crippen LogP contribution in [-0.4, -0.2) is 55.8 Å². The summed E-state index contributed by atoms with van der Waals surface area (Å²) in [6.07, 6.45) is 7.14. The van der Waals surface area contributed by atoms with E-state index >= 15 is 4.39 Å². The predicted octanol–water partition coefficient (Wildman–Crippen LogP) is 6.28. The van der Waals surface area contributed by atoms with Crippen LogP contribution in [0.3, 0.4) is 0 Å². The van der Waals surface area contributed by atoms with Crippen LogP contribution in [-0.2, 0) is 24.3 Å². The van der Waals surface area contributed by atoms with Crippen molar-refractivity contribution in [2.75, 3.05) is 25.0 Å². The maximum absolute atomic E-state index is 15.7. The standard InChI is InChI=1S/C32H32ClFN6O2S/c1-2-38-11-7-19(8-12-38)22-6-5-20(15-25(22)33)21-14-23-24(26(34)16-21)17-40(31(23)42)29(30(41)37-32-35-9-13-43-32)28-27-4-3-10-39(27)18-36-28/h5-6,9,13-16,18-19,29H,2-4,7-8,10-12,17H2,1H3,(H,35,37,41). The molecule has 2 aromatic carbocycles. The van der Waals surface area contributed by atoms with Gasteiger partial charge >= 0.3 is 0 Å². The normalized spacial score (nSPS) is 17.7. The number of nitrogens with one attached hydrogen (secondary N) is 1. The van der Waals surface area contributed by atoms with Gasteiger partial charge in [0.05, 0.1) is 18.6 Å². The average Bonchev–Trinajstić information content (AvgIpc) is 3.81. The zero-order chi connectivity index (χ0) is 29.7. The smallest absolute Gasteiger partial charge is 0.255 e. The third kappa shape index (κ3) is 5.15. The number of carbonyl (C=O) groups is 2. The summed E-state index contributed by atoms with van der Waals surface area (Å²) in [6.45, 7) is 6.13. The minimum atomic E-state index is -1.02. The van der Waals surface area contributed by atoms with Gasteiger partial charge in [-0.2, -0.15) is 0 Å². The van der Waals surface area contributed by atoms with Crippen LogP contribution in [0.5, 0.6) is 0 Å². The van der Waals surface area contributed by atoms with Crippen molar-refractivity contribution in [3.05, 3.63) is 87.2 Å². The lowest BCUT2D eigenvalue weighted by atomic mass is 9.88. The highest BCUT2D eigenvalue weighted by molar-refractivity contribution is 7.13. The highest BCUT2D eigenvalue weighted by Gasteiger charge is 2.42. The zero-order valence-electron chi connectivity index (χ0n) is 23.9. The number of likely N-dealkylation sites (tertiary alicyclic amines) is 1. The van der Waals surface area contributed by atoms with Crippen LogP contribution in [0, 0.1) is 5.82 Å². The number of thiazole rings is 1. The van der Waals surface area contributed by atoms with E-state index in [2.05, 4.69) is 27.1 Å². The van der Waals surface area contributed by atoms with E-state index in [-0.39, 0.29) is 17.7 Å². The number of aryl methyl sites for hydroxylation is 1. The third-order valence-electron chi connectivity index (χ3n) is 9.10. The molecule has 1 saturated heterocycles. The molecule has 1 unspecified atom stereocenters. The van der Waals surface area contributed by atoms with Crippen molar-refractivity contribution < 1.29 is 14.0 Å². The fraction of sp³-hybridized carbons (Fsp3) is 0.375. The molecule has 43 heavy (non-hydrogen) atoms. The van der Waals surface area contributed by atoms with Crippen molar-refractivity contribution in [3.8, 4) is 11.1 Å². The summed E-state index contributed by atoms with van der Waals surface area (Å²) in [4.78, 5) is 40.3. The maximum Gasteiger partial charge on any atom is 0.255 e. The maximum atomic E-state index is 15.7. The average molecular weight is 619 g/mol. The molecule has 0 saturated carbocycles. The molecule has 0 radical (unpaired) electrons. The van der Waals surface area contributed by atoms with Crippen LogP contribution in [0.1, 0.15) is 71.0 Å². The number of benzene rings is 2. The minimum absolute atomic E-state index is 0.0291. The number of carbonyl (C=O) groups excluding carboxylic acids is 2. The van der Waals surface area contributed by atoms with Crippen LogP contribution < -0.4 is 5.32 Å². The summed E-state index contributed by atoms with van der Waals surface area (Å²) < 4.78 is 17.7. The van der Waals surface area contributed by atoms with E-state index in [9.17, 15) is 9.59 Å². The SMILES string of the molecule is CCN1CCC(c2ccc(-c3cc(F)c4c(c3)C(=O)N(C(C(=O)Nc3nccs3)c3ncn5c3CCC5)C4)cc2Cl)CC1. The molecule has 0 spiro atoms. The molecule has 11 heteroatoms. The van der Waals surface area contributed by atoms with Crippen molar-refractivity contribution in [1.82, 2.24) is 24.3 Å². The molecule has 3 aliphatic rings. The largest absolute Gasteiger partial charge is 0.334 e. The number of nitrogens with zero attached hydrogens (tertiary/aromatic N) is 5. The molecular weight excluding hydrogens is 587 g/mol. The predicted molar refractivity (Wildman–Crippen MR) is 165 cm³/mol. The second kappa shape index (κ2) is 11.5. The lowest BCUT2D eigenvalue weighted by Gasteiger charge is -2.31. The molecule has 4 aromatic rings. The molecule has 7 rings (SSSR count). The second-order valence-electron chi connectivity index (χ2n) is 11.5. The summed E-state index contributed by atoms with van der Waals surface area (Å²) in [5.74, 6) is -0.907. The number of imidazole rings is 1. The summed E-state index contributed by atoms with van der Waals surface area (Å²) in [7, 11) is 0. The number of amides is 2. The van der Waals surface area contributed by atoms with Crippen molar-refractivity contribution in [2.24, 2.45) is 0 Å². The number of aromatic nitrogens is 3. The van der Waals surface area contributed by atoms with E-state index in [1.165, 1.54) is 22.3 Å². The molecule has 2 aromatic heterocycles. The molecule has 1 fully saturated rings. The van der Waals surface area contributed by atoms with Crippen molar-refractivity contribution >= 4 is 39.9 Å². The molecule has 1 N–H and O–H groups in total. The number of rotatable bonds is 7. The first-order chi connectivity index (χ1) is 20.9. The first-order valence-electron chi connectivity index (χ1n) is 14.8. The van der Waals surface area contributed by atoms with Crippen LogP contribution in [0.2, 0.25) is 5.02 Å². The highest BCUT2D eigenvalue weighted by atomic mass is 35.5. The topological polar surface area (TPSA) is 83.4 Å². The molecule has 3 aliphatic heterocycles. The van der Waals surface area contributed by atoms with Crippen molar-refractivity contribution in [3.63, 3.8) is 0 Å². The van der Waals surface area contributed by atoms with Gasteiger partial charge < -0.3 is 14.4 Å². The highest BCUT2D eigenvalue weighted by Crippen LogP contribution is 2.39. The fourth-order valence-electron chi connectivity index (χ4n) is 6.76. The molecule has 1 atom stereocenters. The molecule has 0 bridgehead atoms. The van der Waals surface area contributed by atoms with Gasteiger partial charge in [0.1, 0.15) is 5.82 Å². The van der Waals surface area contributed by atoms with Crippen LogP contribution in [0.15, 0.2) is 48.2 Å². The summed E-state index contributed by atoms with van der Waals surface area (Å²) in [5.41, 5.74) is 4.43. The van der Waals surface area contributed by atoms with Gasteiger partial charge in [-0.05, 0) is 86.1 Å². The fourth-order valence-corrected chi connectivity index (χ4v) is 7.63. The summed E-state index contributed by atoms with van der Waals surface area (Å²) in [6, 6.07) is 8.04. The van der Waals surface area contributed by atoms with Gasteiger partial charge in [-0.3, -0.25) is 14.9 Å². The van der Waals surface area contributed by atoms with Crippen LogP contribution in [0.25, 0.3) is 11.1 Å². The Morgan fingerprint density at radius 1 is 1.16 bits per heavy atom. The van der Waals surface area contributed by atoms with Gasteiger partial charge in [-0.1, -0.05) is 30.7 Å². The second-order valence-corrected chi connectivity index (χ2v) is 12.8. The first-order valence-corrected chi connectivity index (χ1v) is 16.1. The zero-order valence-corrected chi connectivity index (χ0v) is 25.4. The van der Waals surface area contributed by atoms with Gasteiger partial charge in [-0.15, -0.1) is 11.3 Å². The van der Waals surface area contributed by atoms with E-state index in [0.29, 0.717) is 27.3 Å². The monoisotopic (exact) mass is 618 g/mol. The Hall–Kier alpha value is -3.60. The van der Waals surface area contributed by atoms with E-state index < -0.39 is 23.7 Å². The van der Waals surface area contributed by atoms with Crippen LogP contribution in [0.4, 0.5) is 9.52 Å². The quantitative estimate of drug-likeness (QED) is 0.264. The van der Waals surface area contributed by atoms with Gasteiger partial charge in [-0.25, -0.2) is 14.4 Å². The van der Waals surface area contributed by atoms with E-state index in [4.69, 9.17) is 11.6 Å². The Kier molecular flexibility index (Phi) is 7.53.